The van der Waals surface area contributed by atoms with Crippen molar-refractivity contribution in [3.8, 4) is 16.9 Å². The van der Waals surface area contributed by atoms with Crippen LogP contribution in [0.2, 0.25) is 0 Å². The Bertz CT molecular complexity index is 1330. The van der Waals surface area contributed by atoms with E-state index < -0.39 is 11.7 Å². The number of anilines is 1. The molecule has 5 nitrogen and oxygen atoms in total. The third-order valence-corrected chi connectivity index (χ3v) is 7.10. The molecule has 204 valence electrons. The summed E-state index contributed by atoms with van der Waals surface area (Å²) in [6.45, 7) is 1.92. The molecule has 0 bridgehead atoms. The Morgan fingerprint density at radius 2 is 1.72 bits per heavy atom. The second kappa shape index (κ2) is 11.6. The number of carbonyl (C=O) groups excluding carboxylic acids is 1. The molecule has 3 aromatic carbocycles. The average Bonchev–Trinajstić information content (AvgIpc) is 3.16. The Balaban J connectivity index is 1.27. The van der Waals surface area contributed by atoms with E-state index in [4.69, 9.17) is 9.47 Å². The number of benzene rings is 3. The molecule has 1 saturated heterocycles. The van der Waals surface area contributed by atoms with Crippen molar-refractivity contribution in [3.63, 3.8) is 0 Å². The van der Waals surface area contributed by atoms with E-state index in [-0.39, 0.29) is 12.1 Å². The highest BCUT2D eigenvalue weighted by molar-refractivity contribution is 6.07. The first kappa shape index (κ1) is 27.0. The molecule has 0 aromatic heterocycles. The minimum Gasteiger partial charge on any atom is -0.493 e. The molecule has 2 aliphatic rings. The fourth-order valence-corrected chi connectivity index (χ4v) is 4.90. The van der Waals surface area contributed by atoms with Gasteiger partial charge < -0.3 is 14.8 Å². The van der Waals surface area contributed by atoms with Crippen molar-refractivity contribution >= 4 is 17.7 Å². The zero-order chi connectivity index (χ0) is 27.4. The van der Waals surface area contributed by atoms with E-state index in [1.165, 1.54) is 18.6 Å². The topological polar surface area (TPSA) is 50.8 Å². The number of hydrogen-bond donors (Lipinski definition) is 1. The van der Waals surface area contributed by atoms with Crippen molar-refractivity contribution in [1.29, 1.82) is 0 Å². The van der Waals surface area contributed by atoms with E-state index in [0.717, 1.165) is 49.3 Å². The second-order valence-electron chi connectivity index (χ2n) is 9.98. The number of fused-ring (bicyclic) bond motifs is 1. The number of halogens is 3. The van der Waals surface area contributed by atoms with Gasteiger partial charge in [0.25, 0.3) is 5.91 Å². The Kier molecular flexibility index (Phi) is 8.04. The summed E-state index contributed by atoms with van der Waals surface area (Å²) in [5.74, 6) is 0.413. The highest BCUT2D eigenvalue weighted by atomic mass is 19.4. The van der Waals surface area contributed by atoms with Gasteiger partial charge >= 0.3 is 6.18 Å². The maximum absolute atomic E-state index is 13.1. The molecule has 2 heterocycles. The molecule has 0 aliphatic carbocycles. The third-order valence-electron chi connectivity index (χ3n) is 7.10. The second-order valence-corrected chi connectivity index (χ2v) is 9.98. The van der Waals surface area contributed by atoms with E-state index in [1.807, 2.05) is 30.3 Å². The van der Waals surface area contributed by atoms with Crippen molar-refractivity contribution in [2.75, 3.05) is 25.6 Å². The molecule has 8 heteroatoms. The first-order chi connectivity index (χ1) is 18.8. The van der Waals surface area contributed by atoms with Gasteiger partial charge in [0.05, 0.1) is 12.2 Å². The molecule has 3 aromatic rings. The monoisotopic (exact) mass is 536 g/mol. The number of rotatable bonds is 6. The van der Waals surface area contributed by atoms with Crippen LogP contribution in [0.15, 0.2) is 72.3 Å². The lowest BCUT2D eigenvalue weighted by atomic mass is 9.99. The highest BCUT2D eigenvalue weighted by Gasteiger charge is 2.30. The van der Waals surface area contributed by atoms with Crippen LogP contribution in [0.1, 0.15) is 42.4 Å². The molecule has 5 rings (SSSR count). The fourth-order valence-electron chi connectivity index (χ4n) is 4.90. The van der Waals surface area contributed by atoms with Gasteiger partial charge in [-0.1, -0.05) is 30.3 Å². The lowest BCUT2D eigenvalue weighted by molar-refractivity contribution is -0.137. The van der Waals surface area contributed by atoms with E-state index in [9.17, 15) is 18.0 Å². The van der Waals surface area contributed by atoms with Crippen LogP contribution in [0.5, 0.6) is 5.75 Å². The molecule has 1 unspecified atom stereocenters. The van der Waals surface area contributed by atoms with Crippen molar-refractivity contribution in [3.05, 3.63) is 89.0 Å². The van der Waals surface area contributed by atoms with Gasteiger partial charge in [0.15, 0.2) is 0 Å². The van der Waals surface area contributed by atoms with Crippen molar-refractivity contribution in [2.45, 2.75) is 44.6 Å². The number of amides is 1. The maximum atomic E-state index is 13.1. The molecule has 39 heavy (non-hydrogen) atoms. The summed E-state index contributed by atoms with van der Waals surface area (Å²) in [6, 6.07) is 18.3. The molecule has 0 radical (unpaired) electrons. The van der Waals surface area contributed by atoms with Crippen molar-refractivity contribution < 1.29 is 27.4 Å². The quantitative estimate of drug-likeness (QED) is 0.364. The largest absolute Gasteiger partial charge is 0.493 e. The van der Waals surface area contributed by atoms with Crippen LogP contribution in [-0.2, 0) is 22.3 Å². The lowest BCUT2D eigenvalue weighted by Gasteiger charge is -2.31. The first-order valence-corrected chi connectivity index (χ1v) is 13.1. The number of ether oxygens (including phenoxy) is 2. The van der Waals surface area contributed by atoms with Crippen LogP contribution in [0.4, 0.5) is 18.9 Å². The summed E-state index contributed by atoms with van der Waals surface area (Å²) in [5.41, 5.74) is 3.80. The fraction of sp³-hybridized carbons (Fsp3) is 0.323. The van der Waals surface area contributed by atoms with Crippen LogP contribution >= 0.6 is 0 Å². The third kappa shape index (κ3) is 6.69. The van der Waals surface area contributed by atoms with Gasteiger partial charge in [-0.25, -0.2) is 0 Å². The molecule has 0 saturated carbocycles. The van der Waals surface area contributed by atoms with Crippen molar-refractivity contribution in [2.24, 2.45) is 0 Å². The minimum atomic E-state index is -4.38. The van der Waals surface area contributed by atoms with Gasteiger partial charge in [0.1, 0.15) is 12.0 Å². The van der Waals surface area contributed by atoms with Crippen LogP contribution in [0.3, 0.4) is 0 Å². The number of hydrogen-bond acceptors (Lipinski definition) is 4. The van der Waals surface area contributed by atoms with Gasteiger partial charge in [-0.2, -0.15) is 13.2 Å². The smallest absolute Gasteiger partial charge is 0.416 e. The number of nitrogens with zero attached hydrogens (tertiary/aromatic N) is 1. The predicted octanol–water partition coefficient (Wildman–Crippen LogP) is 7.14. The highest BCUT2D eigenvalue weighted by Crippen LogP contribution is 2.34. The predicted molar refractivity (Wildman–Crippen MR) is 145 cm³/mol. The van der Waals surface area contributed by atoms with Gasteiger partial charge in [0, 0.05) is 36.4 Å². The standard InChI is InChI=1S/C31H31F3N2O3/c1-36(29-4-2-3-16-39-29)20-21-5-12-27(13-6-21)35-30(37)24-15-17-38-28-14-9-23(18-25(28)19-24)22-7-10-26(11-8-22)31(32,33)34/h5-14,18-19,29H,2-4,15-17,20H2,1H3,(H,35,37). The van der Waals surface area contributed by atoms with Crippen molar-refractivity contribution in [1.82, 2.24) is 4.90 Å². The summed E-state index contributed by atoms with van der Waals surface area (Å²) in [7, 11) is 2.06. The number of carbonyl (C=O) groups is 1. The zero-order valence-electron chi connectivity index (χ0n) is 21.8. The molecular formula is C31H31F3N2O3. The van der Waals surface area contributed by atoms with Gasteiger partial charge in [-0.3, -0.25) is 9.69 Å². The molecular weight excluding hydrogens is 505 g/mol. The Labute approximate surface area is 226 Å². The summed E-state index contributed by atoms with van der Waals surface area (Å²) in [5, 5.41) is 2.97. The number of nitrogens with one attached hydrogen (secondary N) is 1. The maximum Gasteiger partial charge on any atom is 0.416 e. The SMILES string of the molecule is CN(Cc1ccc(NC(=O)C2=Cc3cc(-c4ccc(C(F)(F)F)cc4)ccc3OCC2)cc1)C1CCCCO1. The van der Waals surface area contributed by atoms with Gasteiger partial charge in [-0.15, -0.1) is 0 Å². The summed E-state index contributed by atoms with van der Waals surface area (Å²) in [6.07, 6.45) is 1.32. The molecule has 1 fully saturated rings. The molecule has 0 spiro atoms. The molecule has 1 N–H and O–H groups in total. The Morgan fingerprint density at radius 3 is 2.41 bits per heavy atom. The molecule has 1 amide bonds. The Morgan fingerprint density at radius 1 is 0.974 bits per heavy atom. The van der Waals surface area contributed by atoms with E-state index in [2.05, 4.69) is 17.3 Å². The summed E-state index contributed by atoms with van der Waals surface area (Å²) in [4.78, 5) is 15.3. The van der Waals surface area contributed by atoms with Crippen LogP contribution in [0, 0.1) is 0 Å². The van der Waals surface area contributed by atoms with E-state index >= 15 is 0 Å². The molecule has 1 atom stereocenters. The first-order valence-electron chi connectivity index (χ1n) is 13.1. The summed E-state index contributed by atoms with van der Waals surface area (Å²) < 4.78 is 50.5. The van der Waals surface area contributed by atoms with Crippen LogP contribution in [-0.4, -0.2) is 37.3 Å². The van der Waals surface area contributed by atoms with E-state index in [0.29, 0.717) is 41.2 Å². The average molecular weight is 537 g/mol. The zero-order valence-corrected chi connectivity index (χ0v) is 21.8. The minimum absolute atomic E-state index is 0.144. The van der Waals surface area contributed by atoms with Crippen LogP contribution in [0.25, 0.3) is 17.2 Å². The summed E-state index contributed by atoms with van der Waals surface area (Å²) >= 11 is 0. The lowest BCUT2D eigenvalue weighted by Crippen LogP contribution is -2.36. The van der Waals surface area contributed by atoms with Crippen LogP contribution < -0.4 is 10.1 Å². The van der Waals surface area contributed by atoms with Gasteiger partial charge in [0.2, 0.25) is 0 Å². The number of alkyl halides is 3. The van der Waals surface area contributed by atoms with Gasteiger partial charge in [-0.05, 0) is 85.5 Å². The Hall–Kier alpha value is -3.62. The van der Waals surface area contributed by atoms with E-state index in [1.54, 1.807) is 18.2 Å². The normalized spacial score (nSPS) is 17.6. The molecule has 2 aliphatic heterocycles.